The molecule has 114 valence electrons. The maximum absolute atomic E-state index is 5.58. The van der Waals surface area contributed by atoms with Gasteiger partial charge in [-0.05, 0) is 53.0 Å². The fraction of sp³-hybridized carbons (Fsp3) is 0.438. The number of benzene rings is 1. The predicted molar refractivity (Wildman–Crippen MR) is 89.8 cm³/mol. The summed E-state index contributed by atoms with van der Waals surface area (Å²) in [7, 11) is 1.97. The molecule has 5 heteroatoms. The highest BCUT2D eigenvalue weighted by Crippen LogP contribution is 2.23. The Hall–Kier alpha value is -1.49. The highest BCUT2D eigenvalue weighted by Gasteiger charge is 2.11. The number of hydrogen-bond donors (Lipinski definition) is 1. The van der Waals surface area contributed by atoms with E-state index in [2.05, 4.69) is 40.2 Å². The molecule has 0 aliphatic carbocycles. The number of ether oxygens (including phenoxy) is 1. The van der Waals surface area contributed by atoms with Crippen molar-refractivity contribution in [2.24, 2.45) is 7.05 Å². The van der Waals surface area contributed by atoms with E-state index in [9.17, 15) is 0 Å². The Kier molecular flexibility index (Phi) is 5.67. The predicted octanol–water partition coefficient (Wildman–Crippen LogP) is 4.15. The van der Waals surface area contributed by atoms with Gasteiger partial charge in [0.2, 0.25) is 0 Å². The van der Waals surface area contributed by atoms with E-state index in [0.29, 0.717) is 0 Å². The van der Waals surface area contributed by atoms with E-state index in [1.54, 1.807) is 0 Å². The zero-order valence-corrected chi connectivity index (χ0v) is 14.4. The van der Waals surface area contributed by atoms with E-state index >= 15 is 0 Å². The zero-order valence-electron chi connectivity index (χ0n) is 12.8. The van der Waals surface area contributed by atoms with Crippen molar-refractivity contribution in [1.29, 1.82) is 0 Å². The van der Waals surface area contributed by atoms with Crippen molar-refractivity contribution >= 4 is 21.6 Å². The number of anilines is 1. The quantitative estimate of drug-likeness (QED) is 0.814. The molecule has 2 rings (SSSR count). The smallest absolute Gasteiger partial charge is 0.119 e. The van der Waals surface area contributed by atoms with Crippen LogP contribution in [0.4, 0.5) is 5.69 Å². The van der Waals surface area contributed by atoms with Crippen LogP contribution in [0.3, 0.4) is 0 Å². The van der Waals surface area contributed by atoms with Gasteiger partial charge in [0.15, 0.2) is 0 Å². The number of aryl methyl sites for hydroxylation is 2. The molecule has 2 aromatic rings. The molecule has 0 bridgehead atoms. The number of halogens is 1. The summed E-state index contributed by atoms with van der Waals surface area (Å²) in [5.41, 5.74) is 3.32. The summed E-state index contributed by atoms with van der Waals surface area (Å²) in [6.07, 6.45) is 1.95. The number of hydrogen-bond acceptors (Lipinski definition) is 3. The molecule has 1 N–H and O–H groups in total. The summed E-state index contributed by atoms with van der Waals surface area (Å²) in [5, 5.41) is 7.92. The summed E-state index contributed by atoms with van der Waals surface area (Å²) < 4.78 is 8.60. The topological polar surface area (TPSA) is 39.1 Å². The van der Waals surface area contributed by atoms with Gasteiger partial charge in [0.05, 0.1) is 29.0 Å². The third kappa shape index (κ3) is 4.00. The molecule has 0 unspecified atom stereocenters. The molecule has 1 heterocycles. The van der Waals surface area contributed by atoms with Gasteiger partial charge in [0.1, 0.15) is 5.75 Å². The third-order valence-electron chi connectivity index (χ3n) is 3.29. The Bertz CT molecular complexity index is 578. The maximum Gasteiger partial charge on any atom is 0.119 e. The first kappa shape index (κ1) is 15.9. The van der Waals surface area contributed by atoms with Gasteiger partial charge in [-0.2, -0.15) is 5.10 Å². The Morgan fingerprint density at radius 3 is 2.52 bits per heavy atom. The van der Waals surface area contributed by atoms with Crippen LogP contribution < -0.4 is 10.1 Å². The van der Waals surface area contributed by atoms with Crippen molar-refractivity contribution in [3.05, 3.63) is 40.1 Å². The lowest BCUT2D eigenvalue weighted by molar-refractivity contribution is 0.317. The largest absolute Gasteiger partial charge is 0.494 e. The van der Waals surface area contributed by atoms with Gasteiger partial charge in [-0.25, -0.2) is 0 Å². The molecule has 0 atom stereocenters. The number of nitrogens with zero attached hydrogens (tertiary/aromatic N) is 2. The van der Waals surface area contributed by atoms with Crippen LogP contribution in [0, 0.1) is 0 Å². The van der Waals surface area contributed by atoms with Crippen molar-refractivity contribution in [3.8, 4) is 5.75 Å². The minimum Gasteiger partial charge on any atom is -0.494 e. The highest BCUT2D eigenvalue weighted by molar-refractivity contribution is 9.10. The van der Waals surface area contributed by atoms with Crippen molar-refractivity contribution in [2.45, 2.75) is 33.2 Å². The SMILES string of the molecule is CCCOc1ccc(NCc2c(Br)c(CC)nn2C)cc1. The number of rotatable bonds is 7. The van der Waals surface area contributed by atoms with Gasteiger partial charge < -0.3 is 10.1 Å². The van der Waals surface area contributed by atoms with Crippen LogP contribution in [0.5, 0.6) is 5.75 Å². The van der Waals surface area contributed by atoms with Crippen molar-refractivity contribution < 1.29 is 4.74 Å². The second kappa shape index (κ2) is 7.50. The van der Waals surface area contributed by atoms with Crippen LogP contribution in [-0.2, 0) is 20.0 Å². The van der Waals surface area contributed by atoms with Crippen LogP contribution >= 0.6 is 15.9 Å². The molecule has 1 aromatic heterocycles. The molecule has 0 amide bonds. The summed E-state index contributed by atoms with van der Waals surface area (Å²) >= 11 is 3.63. The monoisotopic (exact) mass is 351 g/mol. The molecule has 0 aliphatic rings. The van der Waals surface area contributed by atoms with E-state index in [0.717, 1.165) is 53.3 Å². The summed E-state index contributed by atoms with van der Waals surface area (Å²) in [6, 6.07) is 8.06. The number of aromatic nitrogens is 2. The van der Waals surface area contributed by atoms with Gasteiger partial charge in [-0.1, -0.05) is 13.8 Å². The van der Waals surface area contributed by atoms with Gasteiger partial charge in [0, 0.05) is 12.7 Å². The Balaban J connectivity index is 1.98. The Morgan fingerprint density at radius 2 is 1.95 bits per heavy atom. The normalized spacial score (nSPS) is 10.7. The van der Waals surface area contributed by atoms with Gasteiger partial charge >= 0.3 is 0 Å². The average Bonchev–Trinajstić information content (AvgIpc) is 2.78. The first-order valence-electron chi connectivity index (χ1n) is 7.32. The molecule has 0 saturated carbocycles. The van der Waals surface area contributed by atoms with E-state index in [4.69, 9.17) is 4.74 Å². The maximum atomic E-state index is 5.58. The average molecular weight is 352 g/mol. The second-order valence-corrected chi connectivity index (χ2v) is 5.70. The van der Waals surface area contributed by atoms with E-state index in [1.807, 2.05) is 36.0 Å². The molecular formula is C16H22BrN3O. The molecule has 21 heavy (non-hydrogen) atoms. The summed E-state index contributed by atoms with van der Waals surface area (Å²) in [5.74, 6) is 0.914. The molecule has 0 aliphatic heterocycles. The highest BCUT2D eigenvalue weighted by atomic mass is 79.9. The molecular weight excluding hydrogens is 330 g/mol. The fourth-order valence-corrected chi connectivity index (χ4v) is 2.84. The van der Waals surface area contributed by atoms with Crippen LogP contribution in [0.1, 0.15) is 31.7 Å². The minimum absolute atomic E-state index is 0.735. The van der Waals surface area contributed by atoms with Crippen molar-refractivity contribution in [1.82, 2.24) is 9.78 Å². The van der Waals surface area contributed by atoms with Crippen LogP contribution in [0.15, 0.2) is 28.7 Å². The zero-order chi connectivity index (χ0) is 15.2. The lowest BCUT2D eigenvalue weighted by atomic mass is 10.2. The lowest BCUT2D eigenvalue weighted by Gasteiger charge is -2.09. The van der Waals surface area contributed by atoms with Crippen LogP contribution in [-0.4, -0.2) is 16.4 Å². The van der Waals surface area contributed by atoms with Gasteiger partial charge in [-0.3, -0.25) is 4.68 Å². The molecule has 0 spiro atoms. The Morgan fingerprint density at radius 1 is 1.24 bits per heavy atom. The van der Waals surface area contributed by atoms with E-state index in [1.165, 1.54) is 0 Å². The van der Waals surface area contributed by atoms with E-state index in [-0.39, 0.29) is 0 Å². The molecule has 0 radical (unpaired) electrons. The first-order valence-corrected chi connectivity index (χ1v) is 8.12. The summed E-state index contributed by atoms with van der Waals surface area (Å²) in [4.78, 5) is 0. The molecule has 1 aromatic carbocycles. The molecule has 4 nitrogen and oxygen atoms in total. The lowest BCUT2D eigenvalue weighted by Crippen LogP contribution is -2.06. The molecule has 0 fully saturated rings. The molecule has 0 saturated heterocycles. The first-order chi connectivity index (χ1) is 10.2. The third-order valence-corrected chi connectivity index (χ3v) is 4.21. The van der Waals surface area contributed by atoms with Crippen molar-refractivity contribution in [2.75, 3.05) is 11.9 Å². The van der Waals surface area contributed by atoms with Gasteiger partial charge in [-0.15, -0.1) is 0 Å². The fourth-order valence-electron chi connectivity index (χ4n) is 2.09. The Labute approximate surface area is 134 Å². The van der Waals surface area contributed by atoms with Crippen LogP contribution in [0.2, 0.25) is 0 Å². The van der Waals surface area contributed by atoms with Crippen LogP contribution in [0.25, 0.3) is 0 Å². The van der Waals surface area contributed by atoms with E-state index < -0.39 is 0 Å². The summed E-state index contributed by atoms with van der Waals surface area (Å²) in [6.45, 7) is 5.71. The van der Waals surface area contributed by atoms with Gasteiger partial charge in [0.25, 0.3) is 0 Å². The standard InChI is InChI=1S/C16H22BrN3O/c1-4-10-21-13-8-6-12(7-9-13)18-11-15-16(17)14(5-2)19-20(15)3/h6-9,18H,4-5,10-11H2,1-3H3. The second-order valence-electron chi connectivity index (χ2n) is 4.91. The minimum atomic E-state index is 0.735. The number of nitrogens with one attached hydrogen (secondary N) is 1. The van der Waals surface area contributed by atoms with Crippen molar-refractivity contribution in [3.63, 3.8) is 0 Å².